The van der Waals surface area contributed by atoms with Crippen molar-refractivity contribution in [3.8, 4) is 0 Å². The van der Waals surface area contributed by atoms with Crippen LogP contribution in [0.15, 0.2) is 16.3 Å². The van der Waals surface area contributed by atoms with Crippen molar-refractivity contribution in [3.05, 3.63) is 16.3 Å². The summed E-state index contributed by atoms with van der Waals surface area (Å²) in [5.41, 5.74) is 5.57. The second-order valence-corrected chi connectivity index (χ2v) is 7.95. The standard InChI is InChI=1S/C13H23N3O2S2/c1-11(16-6-3-2-4-7-16)10-15-20(17,18)13-5-8-19-12(13)9-14/h5,8,11,15H,2-4,6-7,9-10,14H2,1H3. The predicted molar refractivity (Wildman–Crippen MR) is 82.3 cm³/mol. The molecule has 0 radical (unpaired) electrons. The zero-order valence-electron chi connectivity index (χ0n) is 11.8. The summed E-state index contributed by atoms with van der Waals surface area (Å²) in [6.45, 7) is 4.91. The second kappa shape index (κ2) is 7.00. The van der Waals surface area contributed by atoms with E-state index in [1.807, 2.05) is 0 Å². The molecule has 2 heterocycles. The molecular formula is C13H23N3O2S2. The average Bonchev–Trinajstić information content (AvgIpc) is 2.95. The minimum absolute atomic E-state index is 0.227. The fraction of sp³-hybridized carbons (Fsp3) is 0.692. The summed E-state index contributed by atoms with van der Waals surface area (Å²) in [4.78, 5) is 3.39. The summed E-state index contributed by atoms with van der Waals surface area (Å²) in [6.07, 6.45) is 3.70. The zero-order valence-corrected chi connectivity index (χ0v) is 13.5. The van der Waals surface area contributed by atoms with Crippen molar-refractivity contribution in [2.45, 2.75) is 43.7 Å². The Hall–Kier alpha value is -0.470. The normalized spacial score (nSPS) is 19.1. The Labute approximate surface area is 125 Å². The number of sulfonamides is 1. The van der Waals surface area contributed by atoms with Gasteiger partial charge in [0.1, 0.15) is 0 Å². The summed E-state index contributed by atoms with van der Waals surface area (Å²) in [6, 6.07) is 1.85. The maximum Gasteiger partial charge on any atom is 0.241 e. The van der Waals surface area contributed by atoms with E-state index in [0.29, 0.717) is 16.3 Å². The van der Waals surface area contributed by atoms with Gasteiger partial charge in [-0.1, -0.05) is 6.42 Å². The lowest BCUT2D eigenvalue weighted by Crippen LogP contribution is -2.44. The SMILES string of the molecule is CC(CNS(=O)(=O)c1ccsc1CN)N1CCCCC1. The number of thiophene rings is 1. The van der Waals surface area contributed by atoms with Gasteiger partial charge in [0, 0.05) is 24.0 Å². The van der Waals surface area contributed by atoms with Crippen molar-refractivity contribution in [1.82, 2.24) is 9.62 Å². The Kier molecular flexibility index (Phi) is 5.57. The molecule has 7 heteroatoms. The van der Waals surface area contributed by atoms with Gasteiger partial charge in [-0.05, 0) is 44.3 Å². The number of rotatable bonds is 6. The van der Waals surface area contributed by atoms with Gasteiger partial charge >= 0.3 is 0 Å². The van der Waals surface area contributed by atoms with Crippen LogP contribution in [0.3, 0.4) is 0 Å². The van der Waals surface area contributed by atoms with Crippen molar-refractivity contribution in [2.75, 3.05) is 19.6 Å². The molecule has 0 aromatic carbocycles. The van der Waals surface area contributed by atoms with Crippen LogP contribution in [-0.2, 0) is 16.6 Å². The minimum Gasteiger partial charge on any atom is -0.326 e. The van der Waals surface area contributed by atoms with Gasteiger partial charge in [-0.2, -0.15) is 0 Å². The smallest absolute Gasteiger partial charge is 0.241 e. The van der Waals surface area contributed by atoms with E-state index in [4.69, 9.17) is 5.73 Å². The molecule has 0 aliphatic carbocycles. The number of nitrogens with zero attached hydrogens (tertiary/aromatic N) is 1. The van der Waals surface area contributed by atoms with Crippen molar-refractivity contribution in [1.29, 1.82) is 0 Å². The van der Waals surface area contributed by atoms with Gasteiger partial charge < -0.3 is 5.73 Å². The molecule has 2 rings (SSSR count). The summed E-state index contributed by atoms with van der Waals surface area (Å²) < 4.78 is 27.3. The first-order chi connectivity index (χ1) is 9.54. The highest BCUT2D eigenvalue weighted by atomic mass is 32.2. The lowest BCUT2D eigenvalue weighted by atomic mass is 10.1. The molecule has 1 fully saturated rings. The third-order valence-electron chi connectivity index (χ3n) is 3.76. The van der Waals surface area contributed by atoms with Crippen molar-refractivity contribution >= 4 is 21.4 Å². The third kappa shape index (κ3) is 3.79. The van der Waals surface area contributed by atoms with Crippen LogP contribution >= 0.6 is 11.3 Å². The van der Waals surface area contributed by atoms with Crippen LogP contribution in [-0.4, -0.2) is 39.0 Å². The molecule has 0 spiro atoms. The first kappa shape index (κ1) is 15.9. The van der Waals surface area contributed by atoms with Gasteiger partial charge in [0.15, 0.2) is 0 Å². The fourth-order valence-corrected chi connectivity index (χ4v) is 4.97. The lowest BCUT2D eigenvalue weighted by Gasteiger charge is -2.32. The molecule has 1 atom stereocenters. The Morgan fingerprint density at radius 1 is 1.40 bits per heavy atom. The topological polar surface area (TPSA) is 75.4 Å². The number of hydrogen-bond donors (Lipinski definition) is 2. The highest BCUT2D eigenvalue weighted by molar-refractivity contribution is 7.89. The van der Waals surface area contributed by atoms with Gasteiger partial charge in [-0.15, -0.1) is 11.3 Å². The minimum atomic E-state index is -3.44. The largest absolute Gasteiger partial charge is 0.326 e. The van der Waals surface area contributed by atoms with E-state index in [1.165, 1.54) is 30.6 Å². The third-order valence-corrected chi connectivity index (χ3v) is 6.34. The van der Waals surface area contributed by atoms with Gasteiger partial charge in [0.25, 0.3) is 0 Å². The monoisotopic (exact) mass is 317 g/mol. The molecule has 20 heavy (non-hydrogen) atoms. The molecule has 5 nitrogen and oxygen atoms in total. The van der Waals surface area contributed by atoms with E-state index in [2.05, 4.69) is 16.5 Å². The van der Waals surface area contributed by atoms with E-state index in [0.717, 1.165) is 13.1 Å². The Morgan fingerprint density at radius 3 is 2.75 bits per heavy atom. The van der Waals surface area contributed by atoms with E-state index in [1.54, 1.807) is 11.4 Å². The molecular weight excluding hydrogens is 294 g/mol. The molecule has 1 aromatic heterocycles. The van der Waals surface area contributed by atoms with Gasteiger partial charge in [-0.3, -0.25) is 4.90 Å². The van der Waals surface area contributed by atoms with E-state index in [-0.39, 0.29) is 12.6 Å². The number of likely N-dealkylation sites (tertiary alicyclic amines) is 1. The molecule has 1 saturated heterocycles. The number of nitrogens with one attached hydrogen (secondary N) is 1. The summed E-state index contributed by atoms with van der Waals surface area (Å²) in [5, 5.41) is 1.77. The van der Waals surface area contributed by atoms with Crippen molar-refractivity contribution < 1.29 is 8.42 Å². The first-order valence-corrected chi connectivity index (χ1v) is 9.41. The van der Waals surface area contributed by atoms with E-state index < -0.39 is 10.0 Å². The maximum atomic E-state index is 12.3. The predicted octanol–water partition coefficient (Wildman–Crippen LogP) is 1.36. The number of piperidine rings is 1. The Morgan fingerprint density at radius 2 is 2.10 bits per heavy atom. The Bertz CT molecular complexity index is 521. The maximum absolute atomic E-state index is 12.3. The fourth-order valence-electron chi connectivity index (χ4n) is 2.51. The van der Waals surface area contributed by atoms with Crippen LogP contribution < -0.4 is 10.5 Å². The van der Waals surface area contributed by atoms with Gasteiger partial charge in [-0.25, -0.2) is 13.1 Å². The molecule has 0 bridgehead atoms. The molecule has 1 unspecified atom stereocenters. The number of hydrogen-bond acceptors (Lipinski definition) is 5. The quantitative estimate of drug-likeness (QED) is 0.831. The molecule has 0 saturated carbocycles. The molecule has 3 N–H and O–H groups in total. The van der Waals surface area contributed by atoms with Crippen molar-refractivity contribution in [3.63, 3.8) is 0 Å². The van der Waals surface area contributed by atoms with Crippen LogP contribution in [0.25, 0.3) is 0 Å². The molecule has 0 amide bonds. The zero-order chi connectivity index (χ0) is 14.6. The van der Waals surface area contributed by atoms with Gasteiger partial charge in [0.05, 0.1) is 4.90 Å². The molecule has 1 aliphatic heterocycles. The van der Waals surface area contributed by atoms with Crippen LogP contribution in [0.4, 0.5) is 0 Å². The van der Waals surface area contributed by atoms with E-state index >= 15 is 0 Å². The summed E-state index contributed by atoms with van der Waals surface area (Å²) >= 11 is 1.38. The molecule has 114 valence electrons. The van der Waals surface area contributed by atoms with E-state index in [9.17, 15) is 8.42 Å². The first-order valence-electron chi connectivity index (χ1n) is 7.05. The number of nitrogens with two attached hydrogens (primary N) is 1. The van der Waals surface area contributed by atoms with Crippen LogP contribution in [0, 0.1) is 0 Å². The summed E-state index contributed by atoms with van der Waals surface area (Å²) in [7, 11) is -3.44. The average molecular weight is 317 g/mol. The highest BCUT2D eigenvalue weighted by Gasteiger charge is 2.22. The van der Waals surface area contributed by atoms with Crippen LogP contribution in [0.2, 0.25) is 0 Å². The summed E-state index contributed by atoms with van der Waals surface area (Å²) in [5.74, 6) is 0. The van der Waals surface area contributed by atoms with Crippen molar-refractivity contribution in [2.24, 2.45) is 5.73 Å². The van der Waals surface area contributed by atoms with Gasteiger partial charge in [0.2, 0.25) is 10.0 Å². The second-order valence-electron chi connectivity index (χ2n) is 5.21. The molecule has 1 aliphatic rings. The highest BCUT2D eigenvalue weighted by Crippen LogP contribution is 2.21. The lowest BCUT2D eigenvalue weighted by molar-refractivity contribution is 0.175. The van der Waals surface area contributed by atoms with Crippen LogP contribution in [0.1, 0.15) is 31.1 Å². The molecule has 1 aromatic rings. The Balaban J connectivity index is 1.95. The van der Waals surface area contributed by atoms with Crippen LogP contribution in [0.5, 0.6) is 0 Å².